The predicted octanol–water partition coefficient (Wildman–Crippen LogP) is 1.41. The van der Waals surface area contributed by atoms with E-state index < -0.39 is 6.04 Å². The number of rotatable bonds is 4. The van der Waals surface area contributed by atoms with E-state index in [0.29, 0.717) is 0 Å². The standard InChI is InChI=1S/C12H25N3O.2ClH/c1-9-5-4-6-15(7-9)8-10(2)14-12(16)11(3)13;;/h9-11H,4-8,13H2,1-3H3,(H,14,16);2*1H/t9?,10?,11-;;/m1../s1. The Morgan fingerprint density at radius 2 is 2.06 bits per heavy atom. The average Bonchev–Trinajstić information content (AvgIpc) is 2.16. The van der Waals surface area contributed by atoms with E-state index in [4.69, 9.17) is 5.73 Å². The molecule has 0 radical (unpaired) electrons. The Balaban J connectivity index is 0. The minimum atomic E-state index is -0.414. The highest BCUT2D eigenvalue weighted by Crippen LogP contribution is 2.15. The molecule has 0 aromatic heterocycles. The average molecular weight is 300 g/mol. The molecule has 1 saturated heterocycles. The normalized spacial score (nSPS) is 23.2. The van der Waals surface area contributed by atoms with Gasteiger partial charge in [0.05, 0.1) is 6.04 Å². The summed E-state index contributed by atoms with van der Waals surface area (Å²) in [4.78, 5) is 13.8. The molecule has 3 N–H and O–H groups in total. The van der Waals surface area contributed by atoms with Crippen LogP contribution in [0.25, 0.3) is 0 Å². The van der Waals surface area contributed by atoms with Crippen molar-refractivity contribution < 1.29 is 4.79 Å². The van der Waals surface area contributed by atoms with Crippen LogP contribution in [0.1, 0.15) is 33.6 Å². The Kier molecular flexibility index (Phi) is 11.1. The fraction of sp³-hybridized carbons (Fsp3) is 0.917. The number of nitrogens with two attached hydrogens (primary N) is 1. The van der Waals surface area contributed by atoms with E-state index in [2.05, 4.69) is 17.1 Å². The fourth-order valence-electron chi connectivity index (χ4n) is 2.26. The van der Waals surface area contributed by atoms with E-state index in [1.165, 1.54) is 12.8 Å². The third-order valence-corrected chi connectivity index (χ3v) is 3.08. The molecule has 0 aliphatic carbocycles. The molecule has 0 aromatic carbocycles. The summed E-state index contributed by atoms with van der Waals surface area (Å²) in [5.74, 6) is 0.725. The molecular formula is C12H27Cl2N3O. The van der Waals surface area contributed by atoms with Crippen molar-refractivity contribution in [3.05, 3.63) is 0 Å². The number of carbonyl (C=O) groups excluding carboxylic acids is 1. The molecule has 0 saturated carbocycles. The van der Waals surface area contributed by atoms with Crippen LogP contribution in [0.4, 0.5) is 0 Å². The van der Waals surface area contributed by atoms with Gasteiger partial charge >= 0.3 is 0 Å². The number of carbonyl (C=O) groups is 1. The van der Waals surface area contributed by atoms with Crippen molar-refractivity contribution >= 4 is 30.7 Å². The summed E-state index contributed by atoms with van der Waals surface area (Å²) in [7, 11) is 0. The zero-order valence-corrected chi connectivity index (χ0v) is 13.1. The highest BCUT2D eigenvalue weighted by Gasteiger charge is 2.19. The SMILES string of the molecule is CC1CCCN(CC(C)NC(=O)[C@@H](C)N)C1.Cl.Cl. The number of nitrogens with one attached hydrogen (secondary N) is 1. The number of nitrogens with zero attached hydrogens (tertiary/aromatic N) is 1. The largest absolute Gasteiger partial charge is 0.351 e. The van der Waals surface area contributed by atoms with E-state index >= 15 is 0 Å². The van der Waals surface area contributed by atoms with Crippen LogP contribution in [0.3, 0.4) is 0 Å². The van der Waals surface area contributed by atoms with E-state index in [-0.39, 0.29) is 36.8 Å². The Morgan fingerprint density at radius 1 is 1.44 bits per heavy atom. The Labute approximate surface area is 123 Å². The lowest BCUT2D eigenvalue weighted by molar-refractivity contribution is -0.122. The van der Waals surface area contributed by atoms with Gasteiger partial charge in [-0.05, 0) is 39.2 Å². The molecule has 18 heavy (non-hydrogen) atoms. The number of likely N-dealkylation sites (tertiary alicyclic amines) is 1. The molecule has 2 unspecified atom stereocenters. The van der Waals surface area contributed by atoms with Crippen molar-refractivity contribution in [3.63, 3.8) is 0 Å². The van der Waals surface area contributed by atoms with Crippen LogP contribution in [0, 0.1) is 5.92 Å². The van der Waals surface area contributed by atoms with Gasteiger partial charge in [-0.25, -0.2) is 0 Å². The minimum Gasteiger partial charge on any atom is -0.351 e. The third-order valence-electron chi connectivity index (χ3n) is 3.08. The third kappa shape index (κ3) is 7.41. The second kappa shape index (κ2) is 9.84. The zero-order valence-electron chi connectivity index (χ0n) is 11.5. The smallest absolute Gasteiger partial charge is 0.236 e. The van der Waals surface area contributed by atoms with Gasteiger partial charge in [0.1, 0.15) is 0 Å². The van der Waals surface area contributed by atoms with Crippen LogP contribution in [-0.4, -0.2) is 42.5 Å². The number of halogens is 2. The molecule has 6 heteroatoms. The Hall–Kier alpha value is -0.0300. The van der Waals surface area contributed by atoms with Crippen LogP contribution >= 0.6 is 24.8 Å². The van der Waals surface area contributed by atoms with Gasteiger partial charge in [0, 0.05) is 19.1 Å². The molecule has 0 aromatic rings. The molecule has 1 rings (SSSR count). The first-order valence-electron chi connectivity index (χ1n) is 6.27. The van der Waals surface area contributed by atoms with Crippen molar-refractivity contribution in [2.75, 3.05) is 19.6 Å². The molecule has 1 fully saturated rings. The van der Waals surface area contributed by atoms with Crippen LogP contribution in [0.5, 0.6) is 0 Å². The van der Waals surface area contributed by atoms with Crippen molar-refractivity contribution in [1.29, 1.82) is 0 Å². The Bertz CT molecular complexity index is 239. The highest BCUT2D eigenvalue weighted by molar-refractivity contribution is 5.85. The zero-order chi connectivity index (χ0) is 12.1. The highest BCUT2D eigenvalue weighted by atomic mass is 35.5. The maximum atomic E-state index is 11.4. The number of amides is 1. The van der Waals surface area contributed by atoms with E-state index in [1.807, 2.05) is 6.92 Å². The molecule has 1 aliphatic rings. The minimum absolute atomic E-state index is 0. The first-order valence-corrected chi connectivity index (χ1v) is 6.27. The molecule has 110 valence electrons. The van der Waals surface area contributed by atoms with Crippen LogP contribution < -0.4 is 11.1 Å². The van der Waals surface area contributed by atoms with Crippen LogP contribution in [-0.2, 0) is 4.79 Å². The summed E-state index contributed by atoms with van der Waals surface area (Å²) < 4.78 is 0. The van der Waals surface area contributed by atoms with Gasteiger partial charge in [0.2, 0.25) is 5.91 Å². The molecular weight excluding hydrogens is 273 g/mol. The number of piperidine rings is 1. The first kappa shape index (κ1) is 20.3. The number of hydrogen-bond donors (Lipinski definition) is 2. The predicted molar refractivity (Wildman–Crippen MR) is 80.6 cm³/mol. The van der Waals surface area contributed by atoms with Crippen molar-refractivity contribution in [2.24, 2.45) is 11.7 Å². The summed E-state index contributed by atoms with van der Waals surface area (Å²) in [6.45, 7) is 9.28. The van der Waals surface area contributed by atoms with E-state index in [1.54, 1.807) is 6.92 Å². The molecule has 1 amide bonds. The maximum Gasteiger partial charge on any atom is 0.236 e. The van der Waals surface area contributed by atoms with Crippen molar-refractivity contribution in [2.45, 2.75) is 45.7 Å². The second-order valence-electron chi connectivity index (χ2n) is 5.21. The first-order chi connectivity index (χ1) is 7.49. The molecule has 3 atom stereocenters. The summed E-state index contributed by atoms with van der Waals surface area (Å²) in [6.07, 6.45) is 2.60. The molecule has 1 aliphatic heterocycles. The van der Waals surface area contributed by atoms with Gasteiger partial charge in [0.15, 0.2) is 0 Å². The molecule has 4 nitrogen and oxygen atoms in total. The summed E-state index contributed by atoms with van der Waals surface area (Å²) >= 11 is 0. The van der Waals surface area contributed by atoms with Crippen molar-refractivity contribution in [3.8, 4) is 0 Å². The number of hydrogen-bond acceptors (Lipinski definition) is 3. The monoisotopic (exact) mass is 299 g/mol. The van der Waals surface area contributed by atoms with Gasteiger partial charge in [-0.2, -0.15) is 0 Å². The van der Waals surface area contributed by atoms with Crippen LogP contribution in [0.2, 0.25) is 0 Å². The van der Waals surface area contributed by atoms with Gasteiger partial charge in [-0.15, -0.1) is 24.8 Å². The van der Waals surface area contributed by atoms with E-state index in [0.717, 1.165) is 25.6 Å². The fourth-order valence-corrected chi connectivity index (χ4v) is 2.26. The van der Waals surface area contributed by atoms with Gasteiger partial charge in [-0.3, -0.25) is 4.79 Å². The molecule has 0 spiro atoms. The van der Waals surface area contributed by atoms with Gasteiger partial charge in [0.25, 0.3) is 0 Å². The second-order valence-corrected chi connectivity index (χ2v) is 5.21. The van der Waals surface area contributed by atoms with Gasteiger partial charge < -0.3 is 16.0 Å². The lowest BCUT2D eigenvalue weighted by atomic mass is 10.00. The quantitative estimate of drug-likeness (QED) is 0.825. The summed E-state index contributed by atoms with van der Waals surface area (Å²) in [5.41, 5.74) is 5.51. The summed E-state index contributed by atoms with van der Waals surface area (Å²) in [6, 6.07) is -0.230. The lowest BCUT2D eigenvalue weighted by Gasteiger charge is -2.33. The molecule has 1 heterocycles. The molecule has 0 bridgehead atoms. The van der Waals surface area contributed by atoms with Crippen molar-refractivity contribution in [1.82, 2.24) is 10.2 Å². The van der Waals surface area contributed by atoms with Crippen LogP contribution in [0.15, 0.2) is 0 Å². The maximum absolute atomic E-state index is 11.4. The Morgan fingerprint density at radius 3 is 2.56 bits per heavy atom. The lowest BCUT2D eigenvalue weighted by Crippen LogP contribution is -2.48. The van der Waals surface area contributed by atoms with E-state index in [9.17, 15) is 4.79 Å². The summed E-state index contributed by atoms with van der Waals surface area (Å²) in [5, 5.41) is 2.94. The van der Waals surface area contributed by atoms with Gasteiger partial charge in [-0.1, -0.05) is 6.92 Å². The topological polar surface area (TPSA) is 58.4 Å².